The summed E-state index contributed by atoms with van der Waals surface area (Å²) in [6, 6.07) is 10.6. The number of carboxylic acids is 1. The number of carbonyl (C=O) groups is 1. The lowest BCUT2D eigenvalue weighted by Crippen LogP contribution is -2.13. The molecule has 0 aliphatic heterocycles. The van der Waals surface area contributed by atoms with Crippen LogP contribution in [0.15, 0.2) is 40.2 Å². The molecule has 1 unspecified atom stereocenters. The minimum Gasteiger partial charge on any atom is -0.480 e. The lowest BCUT2D eigenvalue weighted by molar-refractivity contribution is -0.136. The molecule has 7 heteroatoms. The Bertz CT molecular complexity index is 1010. The molecule has 1 aliphatic rings. The van der Waals surface area contributed by atoms with Gasteiger partial charge >= 0.3 is 5.97 Å². The minimum atomic E-state index is -0.869. The Labute approximate surface area is 163 Å². The molecule has 1 fully saturated rings. The number of carboxylic acid groups (broad SMARTS) is 1. The molecular weight excluding hydrogens is 414 g/mol. The average molecular weight is 432 g/mol. The Morgan fingerprint density at radius 1 is 1.31 bits per heavy atom. The van der Waals surface area contributed by atoms with E-state index in [1.807, 2.05) is 10.6 Å². The van der Waals surface area contributed by atoms with Crippen LogP contribution in [-0.4, -0.2) is 31.1 Å². The summed E-state index contributed by atoms with van der Waals surface area (Å²) in [7, 11) is 0. The van der Waals surface area contributed by atoms with Gasteiger partial charge in [0.05, 0.1) is 5.69 Å². The molecule has 0 radical (unpaired) electrons. The summed E-state index contributed by atoms with van der Waals surface area (Å²) in [5.74, 6) is -0.218. The largest absolute Gasteiger partial charge is 0.480 e. The van der Waals surface area contributed by atoms with Gasteiger partial charge in [0.1, 0.15) is 5.25 Å². The van der Waals surface area contributed by atoms with E-state index in [9.17, 15) is 9.90 Å². The van der Waals surface area contributed by atoms with E-state index < -0.39 is 11.2 Å². The molecule has 2 aromatic carbocycles. The number of aryl methyl sites for hydroxylation is 1. The normalized spacial score (nSPS) is 15.3. The molecule has 1 saturated carbocycles. The number of thioether (sulfide) groups is 1. The minimum absolute atomic E-state index is 0.569. The van der Waals surface area contributed by atoms with E-state index in [1.54, 1.807) is 6.92 Å². The zero-order chi connectivity index (χ0) is 18.4. The number of aromatic nitrogens is 3. The van der Waals surface area contributed by atoms with Gasteiger partial charge in [0, 0.05) is 5.39 Å². The Hall–Kier alpha value is -1.86. The first-order chi connectivity index (χ1) is 12.5. The monoisotopic (exact) mass is 431 g/mol. The van der Waals surface area contributed by atoms with Gasteiger partial charge in [0.15, 0.2) is 5.16 Å². The Balaban J connectivity index is 1.93. The van der Waals surface area contributed by atoms with Crippen LogP contribution in [0, 0.1) is 6.92 Å². The highest BCUT2D eigenvalue weighted by Gasteiger charge is 2.28. The summed E-state index contributed by atoms with van der Waals surface area (Å²) < 4.78 is 2.49. The zero-order valence-electron chi connectivity index (χ0n) is 14.4. The standard InChI is InChI=1S/C19H18BrN3O2S/c1-10-9-15(12-7-8-12)13-5-3-4-6-14(13)16(10)23-18(20)21-22-19(23)26-11(2)17(24)25/h3-6,9,11-12H,7-8H2,1-2H3,(H,24,25). The molecule has 5 nitrogen and oxygen atoms in total. The molecule has 1 aromatic heterocycles. The van der Waals surface area contributed by atoms with Gasteiger partial charge in [-0.3, -0.25) is 9.36 Å². The number of hydrogen-bond acceptors (Lipinski definition) is 4. The van der Waals surface area contributed by atoms with Gasteiger partial charge in [-0.05, 0) is 65.1 Å². The fraction of sp³-hybridized carbons (Fsp3) is 0.316. The van der Waals surface area contributed by atoms with Crippen molar-refractivity contribution in [3.63, 3.8) is 0 Å². The van der Waals surface area contributed by atoms with Crippen LogP contribution in [0.1, 0.15) is 36.8 Å². The van der Waals surface area contributed by atoms with Crippen LogP contribution < -0.4 is 0 Å². The molecule has 3 aromatic rings. The predicted octanol–water partition coefficient (Wildman–Crippen LogP) is 4.93. The second-order valence-electron chi connectivity index (χ2n) is 6.64. The number of benzene rings is 2. The summed E-state index contributed by atoms with van der Waals surface area (Å²) in [6.07, 6.45) is 2.49. The van der Waals surface area contributed by atoms with Crippen molar-refractivity contribution in [1.82, 2.24) is 14.8 Å². The van der Waals surface area contributed by atoms with Crippen molar-refractivity contribution in [3.05, 3.63) is 46.2 Å². The first-order valence-corrected chi connectivity index (χ1v) is 10.2. The van der Waals surface area contributed by atoms with Crippen LogP contribution in [0.4, 0.5) is 0 Å². The van der Waals surface area contributed by atoms with Gasteiger partial charge in [0.2, 0.25) is 4.73 Å². The third-order valence-electron chi connectivity index (χ3n) is 4.70. The van der Waals surface area contributed by atoms with E-state index in [4.69, 9.17) is 0 Å². The number of fused-ring (bicyclic) bond motifs is 1. The Morgan fingerprint density at radius 2 is 2.00 bits per heavy atom. The summed E-state index contributed by atoms with van der Waals surface area (Å²) in [4.78, 5) is 11.3. The maximum absolute atomic E-state index is 11.3. The molecule has 0 saturated heterocycles. The molecule has 1 atom stereocenters. The van der Waals surface area contributed by atoms with Crippen molar-refractivity contribution in [1.29, 1.82) is 0 Å². The first-order valence-electron chi connectivity index (χ1n) is 8.50. The molecule has 1 N–H and O–H groups in total. The quantitative estimate of drug-likeness (QED) is 0.579. The molecule has 0 spiro atoms. The first kappa shape index (κ1) is 17.5. The topological polar surface area (TPSA) is 68.0 Å². The van der Waals surface area contributed by atoms with Crippen molar-refractivity contribution in [2.45, 2.75) is 43.0 Å². The molecule has 1 heterocycles. The highest BCUT2D eigenvalue weighted by atomic mass is 79.9. The maximum atomic E-state index is 11.3. The molecular formula is C19H18BrN3O2S. The Kier molecular flexibility index (Phi) is 4.52. The van der Waals surface area contributed by atoms with Crippen LogP contribution in [0.25, 0.3) is 16.5 Å². The zero-order valence-corrected chi connectivity index (χ0v) is 16.8. The summed E-state index contributed by atoms with van der Waals surface area (Å²) in [6.45, 7) is 3.75. The molecule has 0 bridgehead atoms. The lowest BCUT2D eigenvalue weighted by Gasteiger charge is -2.17. The third-order valence-corrected chi connectivity index (χ3v) is 6.25. The molecule has 1 aliphatic carbocycles. The maximum Gasteiger partial charge on any atom is 0.316 e. The van der Waals surface area contributed by atoms with E-state index in [0.717, 1.165) is 16.6 Å². The van der Waals surface area contributed by atoms with Crippen LogP contribution in [0.3, 0.4) is 0 Å². The fourth-order valence-electron chi connectivity index (χ4n) is 3.29. The highest BCUT2D eigenvalue weighted by Crippen LogP contribution is 2.45. The van der Waals surface area contributed by atoms with Crippen LogP contribution in [0.2, 0.25) is 0 Å². The van der Waals surface area contributed by atoms with Gasteiger partial charge < -0.3 is 5.11 Å². The van der Waals surface area contributed by atoms with Gasteiger partial charge in [-0.25, -0.2) is 0 Å². The number of aliphatic carboxylic acids is 1. The van der Waals surface area contributed by atoms with Crippen LogP contribution >= 0.6 is 27.7 Å². The van der Waals surface area contributed by atoms with Gasteiger partial charge in [-0.15, -0.1) is 10.2 Å². The summed E-state index contributed by atoms with van der Waals surface area (Å²) >= 11 is 4.68. The smallest absolute Gasteiger partial charge is 0.316 e. The average Bonchev–Trinajstić information content (AvgIpc) is 3.40. The predicted molar refractivity (Wildman–Crippen MR) is 106 cm³/mol. The summed E-state index contributed by atoms with van der Waals surface area (Å²) in [5.41, 5.74) is 3.54. The van der Waals surface area contributed by atoms with E-state index >= 15 is 0 Å². The fourth-order valence-corrected chi connectivity index (χ4v) is 4.62. The van der Waals surface area contributed by atoms with E-state index in [1.165, 1.54) is 35.6 Å². The van der Waals surface area contributed by atoms with Crippen molar-refractivity contribution in [2.75, 3.05) is 0 Å². The van der Waals surface area contributed by atoms with E-state index in [0.29, 0.717) is 15.8 Å². The molecule has 134 valence electrons. The van der Waals surface area contributed by atoms with Crippen molar-refractivity contribution in [2.24, 2.45) is 0 Å². The number of nitrogens with zero attached hydrogens (tertiary/aromatic N) is 3. The lowest BCUT2D eigenvalue weighted by atomic mass is 9.96. The van der Waals surface area contributed by atoms with Gasteiger partial charge in [0.25, 0.3) is 0 Å². The third kappa shape index (κ3) is 3.03. The highest BCUT2D eigenvalue weighted by molar-refractivity contribution is 9.10. The van der Waals surface area contributed by atoms with Gasteiger partial charge in [-0.1, -0.05) is 42.1 Å². The van der Waals surface area contributed by atoms with Crippen LogP contribution in [-0.2, 0) is 4.79 Å². The van der Waals surface area contributed by atoms with E-state index in [2.05, 4.69) is 57.3 Å². The SMILES string of the molecule is Cc1cc(C2CC2)c2ccccc2c1-n1c(Br)nnc1SC(C)C(=O)O. The summed E-state index contributed by atoms with van der Waals surface area (Å²) in [5, 5.41) is 19.9. The second-order valence-corrected chi connectivity index (χ2v) is 8.65. The molecule has 26 heavy (non-hydrogen) atoms. The van der Waals surface area contributed by atoms with Crippen molar-refractivity contribution in [3.8, 4) is 5.69 Å². The van der Waals surface area contributed by atoms with Crippen molar-refractivity contribution >= 4 is 44.4 Å². The van der Waals surface area contributed by atoms with Crippen molar-refractivity contribution < 1.29 is 9.90 Å². The number of hydrogen-bond donors (Lipinski definition) is 1. The number of rotatable bonds is 5. The van der Waals surface area contributed by atoms with E-state index in [-0.39, 0.29) is 0 Å². The molecule has 4 rings (SSSR count). The number of halogens is 1. The van der Waals surface area contributed by atoms with Gasteiger partial charge in [-0.2, -0.15) is 0 Å². The van der Waals surface area contributed by atoms with Crippen LogP contribution in [0.5, 0.6) is 0 Å². The second kappa shape index (κ2) is 6.70. The molecule has 0 amide bonds. The Morgan fingerprint density at radius 3 is 2.65 bits per heavy atom.